The molecule has 2 heterocycles. The van der Waals surface area contributed by atoms with Gasteiger partial charge in [0.15, 0.2) is 0 Å². The maximum Gasteiger partial charge on any atom is 0.244 e. The Kier molecular flexibility index (Phi) is 4.20. The fourth-order valence-corrected chi connectivity index (χ4v) is 4.10. The van der Waals surface area contributed by atoms with Crippen LogP contribution in [-0.2, 0) is 5.41 Å². The number of nitrogens with one attached hydrogen (secondary N) is 1. The van der Waals surface area contributed by atoms with Gasteiger partial charge >= 0.3 is 0 Å². The zero-order valence-corrected chi connectivity index (χ0v) is 13.4. The molecule has 2 fully saturated rings. The van der Waals surface area contributed by atoms with Crippen molar-refractivity contribution in [2.75, 3.05) is 18.0 Å². The number of aromatic nitrogens is 3. The van der Waals surface area contributed by atoms with E-state index in [4.69, 9.17) is 10.7 Å². The first-order valence-corrected chi connectivity index (χ1v) is 8.52. The minimum Gasteiger partial charge on any atom is -0.339 e. The zero-order chi connectivity index (χ0) is 14.9. The molecule has 1 aromatic rings. The molecule has 0 amide bonds. The van der Waals surface area contributed by atoms with Gasteiger partial charge in [-0.3, -0.25) is 5.10 Å². The van der Waals surface area contributed by atoms with E-state index in [1.54, 1.807) is 0 Å². The van der Waals surface area contributed by atoms with E-state index in [0.29, 0.717) is 12.0 Å². The average Bonchev–Trinajstić information content (AvgIpc) is 3.08. The first kappa shape index (κ1) is 14.8. The minimum absolute atomic E-state index is 0.242. The maximum absolute atomic E-state index is 5.98. The summed E-state index contributed by atoms with van der Waals surface area (Å²) in [7, 11) is 0. The van der Waals surface area contributed by atoms with Crippen LogP contribution in [0.15, 0.2) is 0 Å². The van der Waals surface area contributed by atoms with Gasteiger partial charge in [-0.2, -0.15) is 4.98 Å². The van der Waals surface area contributed by atoms with Gasteiger partial charge in [-0.15, -0.1) is 5.10 Å². The molecule has 0 bridgehead atoms. The van der Waals surface area contributed by atoms with E-state index >= 15 is 0 Å². The summed E-state index contributed by atoms with van der Waals surface area (Å²) in [6.45, 7) is 6.58. The van der Waals surface area contributed by atoms with Gasteiger partial charge in [-0.1, -0.05) is 26.7 Å². The Labute approximate surface area is 127 Å². The Bertz CT molecular complexity index is 453. The lowest BCUT2D eigenvalue weighted by atomic mass is 9.78. The molecule has 0 spiro atoms. The van der Waals surface area contributed by atoms with E-state index < -0.39 is 0 Å². The summed E-state index contributed by atoms with van der Waals surface area (Å²) < 4.78 is 0. The molecule has 0 aromatic carbocycles. The highest BCUT2D eigenvalue weighted by Gasteiger charge is 2.39. The van der Waals surface area contributed by atoms with Gasteiger partial charge in [0.1, 0.15) is 5.82 Å². The number of hydrogen-bond donors (Lipinski definition) is 2. The molecule has 3 N–H and O–H groups in total. The molecule has 5 nitrogen and oxygen atoms in total. The standard InChI is InChI=1S/C16H29N5/c1-12(2)11-16(7-3-4-8-16)14-18-15(20-19-14)21-9-5-13(17)6-10-21/h12-13H,3-11,17H2,1-2H3,(H,18,19,20). The van der Waals surface area contributed by atoms with Crippen molar-refractivity contribution in [3.8, 4) is 0 Å². The second-order valence-corrected chi connectivity index (χ2v) is 7.39. The Balaban J connectivity index is 1.76. The Morgan fingerprint density at radius 3 is 2.57 bits per heavy atom. The van der Waals surface area contributed by atoms with Crippen LogP contribution in [0.3, 0.4) is 0 Å². The lowest BCUT2D eigenvalue weighted by Crippen LogP contribution is -2.40. The molecule has 5 heteroatoms. The quantitative estimate of drug-likeness (QED) is 0.894. The van der Waals surface area contributed by atoms with E-state index in [-0.39, 0.29) is 5.41 Å². The zero-order valence-electron chi connectivity index (χ0n) is 13.4. The van der Waals surface area contributed by atoms with Crippen LogP contribution in [0.5, 0.6) is 0 Å². The van der Waals surface area contributed by atoms with Gasteiger partial charge in [0.25, 0.3) is 0 Å². The predicted octanol–water partition coefficient (Wildman–Crippen LogP) is 2.59. The van der Waals surface area contributed by atoms with Crippen molar-refractivity contribution in [2.45, 2.75) is 70.3 Å². The van der Waals surface area contributed by atoms with E-state index in [0.717, 1.165) is 37.7 Å². The van der Waals surface area contributed by atoms with Crippen LogP contribution in [0.25, 0.3) is 0 Å². The molecule has 118 valence electrons. The number of piperidine rings is 1. The largest absolute Gasteiger partial charge is 0.339 e. The van der Waals surface area contributed by atoms with Gasteiger partial charge in [-0.25, -0.2) is 0 Å². The summed E-state index contributed by atoms with van der Waals surface area (Å²) in [5.41, 5.74) is 6.22. The van der Waals surface area contributed by atoms with Gasteiger partial charge in [-0.05, 0) is 38.0 Å². The highest BCUT2D eigenvalue weighted by molar-refractivity contribution is 5.31. The highest BCUT2D eigenvalue weighted by Crippen LogP contribution is 2.44. The summed E-state index contributed by atoms with van der Waals surface area (Å²) >= 11 is 0. The monoisotopic (exact) mass is 291 g/mol. The molecule has 1 aliphatic heterocycles. The lowest BCUT2D eigenvalue weighted by molar-refractivity contribution is 0.329. The van der Waals surface area contributed by atoms with Crippen LogP contribution in [0.4, 0.5) is 5.95 Å². The topological polar surface area (TPSA) is 70.8 Å². The average molecular weight is 291 g/mol. The van der Waals surface area contributed by atoms with Gasteiger partial charge in [0.2, 0.25) is 5.95 Å². The molecule has 1 aliphatic carbocycles. The summed E-state index contributed by atoms with van der Waals surface area (Å²) in [4.78, 5) is 7.16. The normalized spacial score (nSPS) is 23.1. The van der Waals surface area contributed by atoms with Crippen LogP contribution in [0.1, 0.15) is 64.6 Å². The second kappa shape index (κ2) is 5.95. The molecule has 21 heavy (non-hydrogen) atoms. The molecule has 1 saturated heterocycles. The number of H-pyrrole nitrogens is 1. The van der Waals surface area contributed by atoms with Gasteiger partial charge in [0.05, 0.1) is 0 Å². The third-order valence-corrected chi connectivity index (χ3v) is 5.16. The third kappa shape index (κ3) is 3.07. The number of hydrogen-bond acceptors (Lipinski definition) is 4. The van der Waals surface area contributed by atoms with Gasteiger partial charge in [0, 0.05) is 24.5 Å². The highest BCUT2D eigenvalue weighted by atomic mass is 15.4. The number of rotatable bonds is 4. The van der Waals surface area contributed by atoms with Crippen molar-refractivity contribution >= 4 is 5.95 Å². The number of nitrogens with two attached hydrogens (primary N) is 1. The van der Waals surface area contributed by atoms with Crippen molar-refractivity contribution in [3.05, 3.63) is 5.82 Å². The molecule has 1 saturated carbocycles. The SMILES string of the molecule is CC(C)CC1(c2nc(N3CCC(N)CC3)n[nH]2)CCCC1. The molecule has 3 rings (SSSR count). The predicted molar refractivity (Wildman–Crippen MR) is 85.4 cm³/mol. The van der Waals surface area contributed by atoms with E-state index in [9.17, 15) is 0 Å². The molecule has 0 atom stereocenters. The first-order chi connectivity index (χ1) is 10.1. The van der Waals surface area contributed by atoms with Crippen molar-refractivity contribution in [3.63, 3.8) is 0 Å². The van der Waals surface area contributed by atoms with E-state index in [1.165, 1.54) is 32.1 Å². The molecule has 0 unspecified atom stereocenters. The van der Waals surface area contributed by atoms with Crippen molar-refractivity contribution < 1.29 is 0 Å². The van der Waals surface area contributed by atoms with Crippen molar-refractivity contribution in [1.29, 1.82) is 0 Å². The fraction of sp³-hybridized carbons (Fsp3) is 0.875. The molecular formula is C16H29N5. The summed E-state index contributed by atoms with van der Waals surface area (Å²) in [5, 5.41) is 7.78. The number of aromatic amines is 1. The van der Waals surface area contributed by atoms with Crippen LogP contribution < -0.4 is 10.6 Å². The Hall–Kier alpha value is -1.10. The fourth-order valence-electron chi connectivity index (χ4n) is 4.10. The van der Waals surface area contributed by atoms with E-state index in [2.05, 4.69) is 28.9 Å². The Morgan fingerprint density at radius 1 is 1.29 bits per heavy atom. The smallest absolute Gasteiger partial charge is 0.244 e. The number of anilines is 1. The maximum atomic E-state index is 5.98. The number of nitrogens with zero attached hydrogens (tertiary/aromatic N) is 3. The molecule has 2 aliphatic rings. The van der Waals surface area contributed by atoms with Crippen LogP contribution >= 0.6 is 0 Å². The second-order valence-electron chi connectivity index (χ2n) is 7.39. The van der Waals surface area contributed by atoms with E-state index in [1.807, 2.05) is 0 Å². The van der Waals surface area contributed by atoms with Crippen LogP contribution in [0, 0.1) is 5.92 Å². The lowest BCUT2D eigenvalue weighted by Gasteiger charge is -2.30. The molecule has 0 radical (unpaired) electrons. The first-order valence-electron chi connectivity index (χ1n) is 8.52. The Morgan fingerprint density at radius 2 is 1.95 bits per heavy atom. The summed E-state index contributed by atoms with van der Waals surface area (Å²) in [6, 6.07) is 0.349. The molecular weight excluding hydrogens is 262 g/mol. The van der Waals surface area contributed by atoms with Gasteiger partial charge < -0.3 is 10.6 Å². The summed E-state index contributed by atoms with van der Waals surface area (Å²) in [6.07, 6.45) is 8.45. The van der Waals surface area contributed by atoms with Crippen LogP contribution in [0.2, 0.25) is 0 Å². The van der Waals surface area contributed by atoms with Crippen LogP contribution in [-0.4, -0.2) is 34.3 Å². The minimum atomic E-state index is 0.242. The van der Waals surface area contributed by atoms with Crippen molar-refractivity contribution in [1.82, 2.24) is 15.2 Å². The molecule has 1 aromatic heterocycles. The summed E-state index contributed by atoms with van der Waals surface area (Å²) in [5.74, 6) is 2.70. The van der Waals surface area contributed by atoms with Crippen molar-refractivity contribution in [2.24, 2.45) is 11.7 Å². The third-order valence-electron chi connectivity index (χ3n) is 5.16.